The van der Waals surface area contributed by atoms with Gasteiger partial charge in [0.25, 0.3) is 5.91 Å². The molecule has 4 aromatic heterocycles. The molecule has 202 valence electrons. The van der Waals surface area contributed by atoms with Crippen LogP contribution < -0.4 is 10.2 Å². The number of thiazole rings is 2. The van der Waals surface area contributed by atoms with Gasteiger partial charge in [0.15, 0.2) is 10.8 Å². The number of nitrogens with one attached hydrogen (secondary N) is 1. The molecule has 39 heavy (non-hydrogen) atoms. The standard InChI is InChI=1S/C25H23F3N8OS2/c1-13-22(39-14(2)32-13)18-12-38-24(33-18)34-20-6-3-15(7-30-20)23(37)36-16-4-5-17(36)11-35(10-16)21-9-29-19(8-31-21)25(26,27)28/h3,6-9,12,16-17H,4-5,10-11H2,1-2H3,(H,30,33,34). The second-order valence-corrected chi connectivity index (χ2v) is 11.6. The summed E-state index contributed by atoms with van der Waals surface area (Å²) in [7, 11) is 0. The molecule has 6 heterocycles. The fourth-order valence-corrected chi connectivity index (χ4v) is 6.77. The van der Waals surface area contributed by atoms with Gasteiger partial charge in [-0.1, -0.05) is 0 Å². The van der Waals surface area contributed by atoms with Crippen LogP contribution in [0, 0.1) is 13.8 Å². The zero-order valence-electron chi connectivity index (χ0n) is 20.9. The number of pyridine rings is 1. The van der Waals surface area contributed by atoms with Crippen LogP contribution in [-0.4, -0.2) is 60.9 Å². The quantitative estimate of drug-likeness (QED) is 0.343. The van der Waals surface area contributed by atoms with Crippen molar-refractivity contribution in [2.45, 2.75) is 44.9 Å². The van der Waals surface area contributed by atoms with Gasteiger partial charge in [-0.2, -0.15) is 13.2 Å². The molecule has 1 amide bonds. The average molecular weight is 573 g/mol. The number of hydrogen-bond acceptors (Lipinski definition) is 10. The number of hydrogen-bond donors (Lipinski definition) is 1. The van der Waals surface area contributed by atoms with Gasteiger partial charge in [0.2, 0.25) is 0 Å². The Labute approximate surface area is 229 Å². The first-order chi connectivity index (χ1) is 18.7. The second kappa shape index (κ2) is 9.83. The van der Waals surface area contributed by atoms with Crippen molar-refractivity contribution < 1.29 is 18.0 Å². The van der Waals surface area contributed by atoms with E-state index in [2.05, 4.69) is 30.2 Å². The zero-order chi connectivity index (χ0) is 27.3. The number of aromatic nitrogens is 5. The molecule has 1 N–H and O–H groups in total. The molecule has 2 aliphatic rings. The van der Waals surface area contributed by atoms with Crippen molar-refractivity contribution in [3.8, 4) is 10.6 Å². The Morgan fingerprint density at radius 1 is 1.03 bits per heavy atom. The van der Waals surface area contributed by atoms with Crippen molar-refractivity contribution in [2.24, 2.45) is 0 Å². The summed E-state index contributed by atoms with van der Waals surface area (Å²) < 4.78 is 38.5. The van der Waals surface area contributed by atoms with Crippen molar-refractivity contribution in [2.75, 3.05) is 23.3 Å². The van der Waals surface area contributed by atoms with Gasteiger partial charge in [-0.15, -0.1) is 22.7 Å². The lowest BCUT2D eigenvalue weighted by Gasteiger charge is -2.41. The van der Waals surface area contributed by atoms with E-state index in [0.29, 0.717) is 35.4 Å². The molecule has 0 aliphatic carbocycles. The monoisotopic (exact) mass is 572 g/mol. The molecule has 0 aromatic carbocycles. The van der Waals surface area contributed by atoms with E-state index in [0.717, 1.165) is 46.5 Å². The van der Waals surface area contributed by atoms with Crippen molar-refractivity contribution in [1.82, 2.24) is 29.8 Å². The summed E-state index contributed by atoms with van der Waals surface area (Å²) in [6, 6.07) is 3.37. The number of rotatable bonds is 5. The smallest absolute Gasteiger partial charge is 0.351 e. The van der Waals surface area contributed by atoms with Crippen LogP contribution in [0.25, 0.3) is 10.6 Å². The Morgan fingerprint density at radius 2 is 1.79 bits per heavy atom. The van der Waals surface area contributed by atoms with Crippen molar-refractivity contribution in [1.29, 1.82) is 0 Å². The maximum absolute atomic E-state index is 13.4. The van der Waals surface area contributed by atoms with Gasteiger partial charge in [-0.05, 0) is 38.8 Å². The number of carbonyl (C=O) groups excluding carboxylic acids is 1. The van der Waals surface area contributed by atoms with Gasteiger partial charge in [0.05, 0.1) is 51.3 Å². The van der Waals surface area contributed by atoms with Gasteiger partial charge >= 0.3 is 6.18 Å². The minimum absolute atomic E-state index is 0.0641. The third-order valence-corrected chi connectivity index (χ3v) is 8.71. The fraction of sp³-hybridized carbons (Fsp3) is 0.360. The molecule has 2 saturated heterocycles. The van der Waals surface area contributed by atoms with E-state index in [1.807, 2.05) is 29.0 Å². The summed E-state index contributed by atoms with van der Waals surface area (Å²) in [5.74, 6) is 0.862. The maximum atomic E-state index is 13.4. The van der Waals surface area contributed by atoms with Gasteiger partial charge in [-0.3, -0.25) is 4.79 Å². The van der Waals surface area contributed by atoms with Crippen LogP contribution in [0.15, 0.2) is 36.1 Å². The second-order valence-electron chi connectivity index (χ2n) is 9.50. The third kappa shape index (κ3) is 5.05. The number of carbonyl (C=O) groups is 1. The first kappa shape index (κ1) is 25.6. The van der Waals surface area contributed by atoms with Crippen LogP contribution in [-0.2, 0) is 6.18 Å². The molecule has 0 radical (unpaired) electrons. The number of anilines is 3. The van der Waals surface area contributed by atoms with E-state index in [9.17, 15) is 18.0 Å². The fourth-order valence-electron chi connectivity index (χ4n) is 5.11. The molecule has 2 unspecified atom stereocenters. The first-order valence-electron chi connectivity index (χ1n) is 12.3. The average Bonchev–Trinajstić information content (AvgIpc) is 3.58. The van der Waals surface area contributed by atoms with E-state index in [1.165, 1.54) is 11.3 Å². The first-order valence-corrected chi connectivity index (χ1v) is 13.9. The Balaban J connectivity index is 1.11. The maximum Gasteiger partial charge on any atom is 0.434 e. The number of amides is 1. The highest BCUT2D eigenvalue weighted by Gasteiger charge is 2.43. The van der Waals surface area contributed by atoms with Gasteiger partial charge < -0.3 is 15.1 Å². The largest absolute Gasteiger partial charge is 0.434 e. The van der Waals surface area contributed by atoms with E-state index in [4.69, 9.17) is 0 Å². The van der Waals surface area contributed by atoms with E-state index >= 15 is 0 Å². The summed E-state index contributed by atoms with van der Waals surface area (Å²) in [6.45, 7) is 4.91. The van der Waals surface area contributed by atoms with Crippen molar-refractivity contribution in [3.05, 3.63) is 58.1 Å². The molecule has 2 aliphatic heterocycles. The number of aryl methyl sites for hydroxylation is 2. The van der Waals surface area contributed by atoms with Gasteiger partial charge in [0.1, 0.15) is 11.6 Å². The van der Waals surface area contributed by atoms with Crippen LogP contribution in [0.5, 0.6) is 0 Å². The number of halogens is 3. The molecule has 14 heteroatoms. The zero-order valence-corrected chi connectivity index (χ0v) is 22.6. The van der Waals surface area contributed by atoms with Crippen molar-refractivity contribution >= 4 is 45.3 Å². The van der Waals surface area contributed by atoms with E-state index in [1.54, 1.807) is 29.7 Å². The van der Waals surface area contributed by atoms with Gasteiger partial charge in [0, 0.05) is 24.7 Å². The summed E-state index contributed by atoms with van der Waals surface area (Å²) in [5, 5.41) is 6.87. The van der Waals surface area contributed by atoms with E-state index < -0.39 is 11.9 Å². The highest BCUT2D eigenvalue weighted by Crippen LogP contribution is 2.35. The number of piperazine rings is 1. The topological polar surface area (TPSA) is 100 Å². The third-order valence-electron chi connectivity index (χ3n) is 6.86. The van der Waals surface area contributed by atoms with Crippen LogP contribution in [0.3, 0.4) is 0 Å². The lowest BCUT2D eigenvalue weighted by atomic mass is 10.1. The number of nitrogens with zero attached hydrogens (tertiary/aromatic N) is 7. The minimum atomic E-state index is -4.53. The molecule has 2 fully saturated rings. The Bertz CT molecular complexity index is 1490. The summed E-state index contributed by atoms with van der Waals surface area (Å²) in [4.78, 5) is 39.3. The van der Waals surface area contributed by atoms with E-state index in [-0.39, 0.29) is 18.0 Å². The van der Waals surface area contributed by atoms with Crippen LogP contribution in [0.1, 0.15) is 39.6 Å². The predicted molar refractivity (Wildman–Crippen MR) is 142 cm³/mol. The normalized spacial score (nSPS) is 19.0. The lowest BCUT2D eigenvalue weighted by molar-refractivity contribution is -0.141. The van der Waals surface area contributed by atoms with Gasteiger partial charge in [-0.25, -0.2) is 24.9 Å². The molecule has 0 saturated carbocycles. The predicted octanol–water partition coefficient (Wildman–Crippen LogP) is 5.32. The van der Waals surface area contributed by atoms with Crippen LogP contribution in [0.4, 0.5) is 29.9 Å². The Morgan fingerprint density at radius 3 is 2.38 bits per heavy atom. The highest BCUT2D eigenvalue weighted by atomic mass is 32.1. The van der Waals surface area contributed by atoms with Crippen LogP contribution >= 0.6 is 22.7 Å². The Hall–Kier alpha value is -3.65. The molecule has 6 rings (SSSR count). The molecule has 9 nitrogen and oxygen atoms in total. The molecular weight excluding hydrogens is 549 g/mol. The van der Waals surface area contributed by atoms with Crippen LogP contribution in [0.2, 0.25) is 0 Å². The lowest BCUT2D eigenvalue weighted by Crippen LogP contribution is -2.56. The molecule has 0 spiro atoms. The molecular formula is C25H23F3N8OS2. The molecule has 2 atom stereocenters. The minimum Gasteiger partial charge on any atom is -0.351 e. The Kier molecular flexibility index (Phi) is 6.46. The summed E-state index contributed by atoms with van der Waals surface area (Å²) in [6.07, 6.45) is 0.573. The summed E-state index contributed by atoms with van der Waals surface area (Å²) in [5.41, 5.74) is 1.29. The number of alkyl halides is 3. The summed E-state index contributed by atoms with van der Waals surface area (Å²) >= 11 is 3.08. The number of fused-ring (bicyclic) bond motifs is 2. The highest BCUT2D eigenvalue weighted by molar-refractivity contribution is 7.16. The molecule has 4 aromatic rings. The SMILES string of the molecule is Cc1nc(C)c(-c2csc(Nc3ccc(C(=O)N4C5CCC4CN(c4cnc(C(F)(F)F)cn4)C5)cn3)n2)s1. The van der Waals surface area contributed by atoms with Crippen molar-refractivity contribution in [3.63, 3.8) is 0 Å². The molecule has 2 bridgehead atoms.